The second-order valence-corrected chi connectivity index (χ2v) is 1.01. The van der Waals surface area contributed by atoms with Gasteiger partial charge in [0.25, 0.3) is 5.97 Å². The van der Waals surface area contributed by atoms with Gasteiger partial charge in [-0.2, -0.15) is 0 Å². The van der Waals surface area contributed by atoms with Crippen molar-refractivity contribution >= 4 is 11.9 Å². The van der Waals surface area contributed by atoms with Gasteiger partial charge in [0.15, 0.2) is 0 Å². The predicted molar refractivity (Wildman–Crippen MR) is 24.0 cm³/mol. The minimum atomic E-state index is -1.08. The number of rotatable bonds is 0. The van der Waals surface area contributed by atoms with Gasteiger partial charge in [-0.25, -0.2) is 0 Å². The highest BCUT2D eigenvalue weighted by atomic mass is 16.4. The van der Waals surface area contributed by atoms with Crippen LogP contribution in [-0.4, -0.2) is 17.0 Å². The summed E-state index contributed by atoms with van der Waals surface area (Å²) in [5.74, 6) is -1.92. The van der Waals surface area contributed by atoms with Crippen LogP contribution in [0.2, 0.25) is 0 Å². The summed E-state index contributed by atoms with van der Waals surface area (Å²) in [4.78, 5) is 17.9. The molecule has 8 heavy (non-hydrogen) atoms. The van der Waals surface area contributed by atoms with Gasteiger partial charge in [0.1, 0.15) is 0 Å². The predicted octanol–water partition coefficient (Wildman–Crippen LogP) is -1.15. The van der Waals surface area contributed by atoms with Gasteiger partial charge in [0.05, 0.1) is 0 Å². The largest absolute Gasteiger partial charge is 0.550 e. The van der Waals surface area contributed by atoms with Gasteiger partial charge in [-0.15, -0.1) is 0 Å². The molecule has 48 valence electrons. The van der Waals surface area contributed by atoms with Crippen LogP contribution in [0.3, 0.4) is 0 Å². The molecule has 0 spiro atoms. The molecule has 0 rings (SSSR count). The lowest BCUT2D eigenvalue weighted by atomic mass is 10.9. The van der Waals surface area contributed by atoms with Crippen molar-refractivity contribution in [1.82, 2.24) is 0 Å². The van der Waals surface area contributed by atoms with Gasteiger partial charge >= 0.3 is 0 Å². The first-order valence-electron chi connectivity index (χ1n) is 1.84. The van der Waals surface area contributed by atoms with Crippen molar-refractivity contribution in [3.05, 3.63) is 0 Å². The van der Waals surface area contributed by atoms with Gasteiger partial charge in [-0.3, -0.25) is 4.79 Å². The Labute approximate surface area is 46.8 Å². The Morgan fingerprint density at radius 1 is 1.38 bits per heavy atom. The molecule has 0 aliphatic heterocycles. The van der Waals surface area contributed by atoms with Crippen LogP contribution in [-0.2, 0) is 9.59 Å². The highest BCUT2D eigenvalue weighted by Gasteiger charge is 1.65. The Morgan fingerprint density at radius 3 is 1.38 bits per heavy atom. The second kappa shape index (κ2) is 5.94. The molecule has 0 aliphatic rings. The molecule has 0 saturated carbocycles. The topological polar surface area (TPSA) is 77.4 Å². The molecule has 0 aromatic rings. The quantitative estimate of drug-likeness (QED) is 0.436. The Kier molecular flexibility index (Phi) is 7.45. The number of aliphatic carboxylic acids is 2. The van der Waals surface area contributed by atoms with E-state index in [2.05, 4.69) is 0 Å². The summed E-state index contributed by atoms with van der Waals surface area (Å²) in [7, 11) is 0. The zero-order valence-corrected chi connectivity index (χ0v) is 4.67. The maximum Gasteiger partial charge on any atom is 0.300 e. The lowest BCUT2D eigenvalue weighted by Crippen LogP contribution is -2.16. The van der Waals surface area contributed by atoms with Crippen LogP contribution in [0.4, 0.5) is 0 Å². The van der Waals surface area contributed by atoms with Crippen molar-refractivity contribution < 1.29 is 19.8 Å². The van der Waals surface area contributed by atoms with Crippen molar-refractivity contribution in [3.63, 3.8) is 0 Å². The van der Waals surface area contributed by atoms with Crippen LogP contribution in [0.5, 0.6) is 0 Å². The van der Waals surface area contributed by atoms with Gasteiger partial charge in [-0.05, 0) is 6.92 Å². The highest BCUT2D eigenvalue weighted by molar-refractivity contribution is 5.62. The summed E-state index contributed by atoms with van der Waals surface area (Å²) >= 11 is 0. The monoisotopic (exact) mass is 119 g/mol. The molecule has 0 atom stereocenters. The summed E-state index contributed by atoms with van der Waals surface area (Å²) in [5.41, 5.74) is 0. The second-order valence-electron chi connectivity index (χ2n) is 1.01. The number of hydrogen-bond donors (Lipinski definition) is 1. The molecule has 4 heteroatoms. The summed E-state index contributed by atoms with van der Waals surface area (Å²) in [6, 6.07) is 0. The number of carbonyl (C=O) groups excluding carboxylic acids is 1. The molecular weight excluding hydrogens is 112 g/mol. The first-order chi connectivity index (χ1) is 3.46. The molecule has 0 aliphatic carbocycles. The van der Waals surface area contributed by atoms with E-state index in [0.717, 1.165) is 13.8 Å². The highest BCUT2D eigenvalue weighted by Crippen LogP contribution is 1.42. The Morgan fingerprint density at radius 2 is 1.38 bits per heavy atom. The zero-order chi connectivity index (χ0) is 7.15. The van der Waals surface area contributed by atoms with E-state index in [1.165, 1.54) is 0 Å². The SMILES string of the molecule is CC(=O)O.CC(=O)[O-]. The number of carboxylic acids is 2. The third-order valence-electron chi connectivity index (χ3n) is 0. The van der Waals surface area contributed by atoms with E-state index >= 15 is 0 Å². The van der Waals surface area contributed by atoms with E-state index in [9.17, 15) is 0 Å². The Hall–Kier alpha value is -1.06. The summed E-state index contributed by atoms with van der Waals surface area (Å²) in [5, 5.41) is 16.3. The smallest absolute Gasteiger partial charge is 0.300 e. The lowest BCUT2D eigenvalue weighted by Gasteiger charge is -1.77. The number of carbonyl (C=O) groups is 2. The van der Waals surface area contributed by atoms with Crippen LogP contribution in [0.15, 0.2) is 0 Å². The van der Waals surface area contributed by atoms with Crippen molar-refractivity contribution in [2.75, 3.05) is 0 Å². The molecule has 0 aromatic carbocycles. The molecule has 0 saturated heterocycles. The first kappa shape index (κ1) is 10.0. The summed E-state index contributed by atoms with van der Waals surface area (Å²) in [6.07, 6.45) is 0. The molecule has 0 unspecified atom stereocenters. The molecule has 0 heterocycles. The van der Waals surface area contributed by atoms with Gasteiger partial charge < -0.3 is 15.0 Å². The van der Waals surface area contributed by atoms with Gasteiger partial charge in [-0.1, -0.05) is 0 Å². The minimum absolute atomic E-state index is 0.833. The van der Waals surface area contributed by atoms with Crippen molar-refractivity contribution in [2.24, 2.45) is 0 Å². The molecule has 0 bridgehead atoms. The molecule has 1 N–H and O–H groups in total. The van der Waals surface area contributed by atoms with Crippen molar-refractivity contribution in [1.29, 1.82) is 0 Å². The van der Waals surface area contributed by atoms with E-state index in [-0.39, 0.29) is 0 Å². The fraction of sp³-hybridized carbons (Fsp3) is 0.500. The third kappa shape index (κ3) is 68.3. The number of carboxylic acid groups (broad SMARTS) is 2. The van der Waals surface area contributed by atoms with E-state index < -0.39 is 11.9 Å². The maximum absolute atomic E-state index is 9.00. The zero-order valence-electron chi connectivity index (χ0n) is 4.67. The van der Waals surface area contributed by atoms with Crippen LogP contribution in [0.1, 0.15) is 13.8 Å². The molecule has 0 radical (unpaired) electrons. The van der Waals surface area contributed by atoms with E-state index in [1.54, 1.807) is 0 Å². The van der Waals surface area contributed by atoms with Gasteiger partial charge in [0.2, 0.25) is 0 Å². The van der Waals surface area contributed by atoms with Crippen molar-refractivity contribution in [2.45, 2.75) is 13.8 Å². The maximum atomic E-state index is 9.00. The minimum Gasteiger partial charge on any atom is -0.550 e. The van der Waals surface area contributed by atoms with Crippen LogP contribution in [0, 0.1) is 0 Å². The normalized spacial score (nSPS) is 6.25. The molecule has 4 nitrogen and oxygen atoms in total. The number of hydrogen-bond acceptors (Lipinski definition) is 3. The average Bonchev–Trinajstić information content (AvgIpc) is 1.25. The van der Waals surface area contributed by atoms with Crippen LogP contribution >= 0.6 is 0 Å². The Bertz CT molecular complexity index is 66.0. The summed E-state index contributed by atoms with van der Waals surface area (Å²) < 4.78 is 0. The molecule has 0 aromatic heterocycles. The van der Waals surface area contributed by atoms with Crippen molar-refractivity contribution in [3.8, 4) is 0 Å². The lowest BCUT2D eigenvalue weighted by molar-refractivity contribution is -0.302. The first-order valence-corrected chi connectivity index (χ1v) is 1.84. The summed E-state index contributed by atoms with van der Waals surface area (Å²) in [6.45, 7) is 2.06. The van der Waals surface area contributed by atoms with E-state index in [0.29, 0.717) is 0 Å². The average molecular weight is 119 g/mol. The van der Waals surface area contributed by atoms with Crippen LogP contribution in [0.25, 0.3) is 0 Å². The fourth-order valence-corrected chi connectivity index (χ4v) is 0. The Balaban J connectivity index is 0. The fourth-order valence-electron chi connectivity index (χ4n) is 0. The van der Waals surface area contributed by atoms with E-state index in [4.69, 9.17) is 19.8 Å². The standard InChI is InChI=1S/2C2H4O2/c2*1-2(3)4/h2*1H3,(H,3,4)/p-1. The van der Waals surface area contributed by atoms with E-state index in [1.807, 2.05) is 0 Å². The molecule has 0 amide bonds. The van der Waals surface area contributed by atoms with Gasteiger partial charge in [0, 0.05) is 12.9 Å². The molecule has 0 fully saturated rings. The molecular formula is C4H7O4-. The van der Waals surface area contributed by atoms with Crippen LogP contribution < -0.4 is 5.11 Å². The third-order valence-corrected chi connectivity index (χ3v) is 0.